The SMILES string of the molecule is CC(N[C@@H](CCc1ccccc1)C(=O)O)C(=O)N1CCCOCCC[C@H]1C(=O)O. The van der Waals surface area contributed by atoms with Crippen molar-refractivity contribution in [1.29, 1.82) is 0 Å². The van der Waals surface area contributed by atoms with Crippen LogP contribution in [0.25, 0.3) is 0 Å². The summed E-state index contributed by atoms with van der Waals surface area (Å²) in [6.07, 6.45) is 2.29. The topological polar surface area (TPSA) is 116 Å². The van der Waals surface area contributed by atoms with Gasteiger partial charge in [-0.25, -0.2) is 4.79 Å². The maximum Gasteiger partial charge on any atom is 0.326 e. The Hall–Kier alpha value is -2.45. The van der Waals surface area contributed by atoms with Crippen LogP contribution in [0.4, 0.5) is 0 Å². The predicted octanol–water partition coefficient (Wildman–Crippen LogP) is 1.53. The smallest absolute Gasteiger partial charge is 0.326 e. The Labute approximate surface area is 170 Å². The highest BCUT2D eigenvalue weighted by atomic mass is 16.5. The van der Waals surface area contributed by atoms with E-state index in [1.54, 1.807) is 6.92 Å². The number of carboxylic acid groups (broad SMARTS) is 2. The van der Waals surface area contributed by atoms with Gasteiger partial charge in [0.15, 0.2) is 0 Å². The van der Waals surface area contributed by atoms with Crippen LogP contribution in [-0.2, 0) is 25.5 Å². The van der Waals surface area contributed by atoms with Gasteiger partial charge in [0.2, 0.25) is 5.91 Å². The molecule has 1 aliphatic heterocycles. The first-order valence-electron chi connectivity index (χ1n) is 10.0. The largest absolute Gasteiger partial charge is 0.480 e. The van der Waals surface area contributed by atoms with E-state index in [4.69, 9.17) is 4.74 Å². The van der Waals surface area contributed by atoms with E-state index in [9.17, 15) is 24.6 Å². The first-order valence-corrected chi connectivity index (χ1v) is 10.0. The lowest BCUT2D eigenvalue weighted by molar-refractivity contribution is -0.152. The molecule has 0 aliphatic carbocycles. The molecule has 1 heterocycles. The summed E-state index contributed by atoms with van der Waals surface area (Å²) in [6, 6.07) is 6.89. The van der Waals surface area contributed by atoms with E-state index >= 15 is 0 Å². The Balaban J connectivity index is 2.03. The highest BCUT2D eigenvalue weighted by Gasteiger charge is 2.33. The summed E-state index contributed by atoms with van der Waals surface area (Å²) in [6.45, 7) is 2.79. The molecule has 8 nitrogen and oxygen atoms in total. The van der Waals surface area contributed by atoms with Crippen molar-refractivity contribution in [3.05, 3.63) is 35.9 Å². The zero-order chi connectivity index (χ0) is 21.2. The van der Waals surface area contributed by atoms with E-state index in [1.807, 2.05) is 30.3 Å². The van der Waals surface area contributed by atoms with Crippen LogP contribution in [0.15, 0.2) is 30.3 Å². The highest BCUT2D eigenvalue weighted by molar-refractivity contribution is 5.87. The molecule has 3 N–H and O–H groups in total. The van der Waals surface area contributed by atoms with E-state index in [1.165, 1.54) is 4.90 Å². The number of aliphatic carboxylic acids is 2. The molecule has 160 valence electrons. The second-order valence-corrected chi connectivity index (χ2v) is 7.30. The first kappa shape index (κ1) is 22.8. The summed E-state index contributed by atoms with van der Waals surface area (Å²) < 4.78 is 5.42. The number of aryl methyl sites for hydroxylation is 1. The van der Waals surface area contributed by atoms with Gasteiger partial charge >= 0.3 is 11.9 Å². The van der Waals surface area contributed by atoms with Crippen LogP contribution in [0, 0.1) is 0 Å². The van der Waals surface area contributed by atoms with Crippen LogP contribution >= 0.6 is 0 Å². The van der Waals surface area contributed by atoms with Gasteiger partial charge in [-0.05, 0) is 44.6 Å². The second kappa shape index (κ2) is 11.5. The fraction of sp³-hybridized carbons (Fsp3) is 0.571. The van der Waals surface area contributed by atoms with Crippen LogP contribution in [-0.4, -0.2) is 70.8 Å². The zero-order valence-corrected chi connectivity index (χ0v) is 16.8. The van der Waals surface area contributed by atoms with Crippen molar-refractivity contribution in [2.75, 3.05) is 19.8 Å². The predicted molar refractivity (Wildman–Crippen MR) is 107 cm³/mol. The van der Waals surface area contributed by atoms with Crippen molar-refractivity contribution in [3.63, 3.8) is 0 Å². The lowest BCUT2D eigenvalue weighted by Gasteiger charge is -2.32. The third-order valence-corrected chi connectivity index (χ3v) is 5.08. The highest BCUT2D eigenvalue weighted by Crippen LogP contribution is 2.14. The van der Waals surface area contributed by atoms with Gasteiger partial charge in [0.25, 0.3) is 0 Å². The van der Waals surface area contributed by atoms with E-state index < -0.39 is 36.0 Å². The van der Waals surface area contributed by atoms with E-state index in [2.05, 4.69) is 5.32 Å². The minimum Gasteiger partial charge on any atom is -0.480 e. The second-order valence-electron chi connectivity index (χ2n) is 7.30. The fourth-order valence-electron chi connectivity index (χ4n) is 3.51. The Bertz CT molecular complexity index is 681. The first-order chi connectivity index (χ1) is 13.9. The Kier molecular flexibility index (Phi) is 9.08. The molecule has 1 aliphatic rings. The third kappa shape index (κ3) is 7.14. The molecule has 0 radical (unpaired) electrons. The molecule has 0 saturated carbocycles. The number of carbonyl (C=O) groups is 3. The van der Waals surface area contributed by atoms with Gasteiger partial charge in [-0.2, -0.15) is 0 Å². The number of nitrogens with zero attached hydrogens (tertiary/aromatic N) is 1. The maximum absolute atomic E-state index is 13.0. The van der Waals surface area contributed by atoms with Crippen LogP contribution < -0.4 is 5.32 Å². The normalized spacial score (nSPS) is 20.0. The molecule has 8 heteroatoms. The number of amides is 1. The molecule has 2 rings (SSSR count). The lowest BCUT2D eigenvalue weighted by Crippen LogP contribution is -2.55. The number of rotatable bonds is 8. The monoisotopic (exact) mass is 406 g/mol. The number of hydrogen-bond acceptors (Lipinski definition) is 5. The molecule has 29 heavy (non-hydrogen) atoms. The van der Waals surface area contributed by atoms with E-state index in [-0.39, 0.29) is 6.54 Å². The van der Waals surface area contributed by atoms with Gasteiger partial charge in [-0.1, -0.05) is 30.3 Å². The van der Waals surface area contributed by atoms with E-state index in [0.29, 0.717) is 45.3 Å². The third-order valence-electron chi connectivity index (χ3n) is 5.08. The van der Waals surface area contributed by atoms with Crippen molar-refractivity contribution in [1.82, 2.24) is 10.2 Å². The summed E-state index contributed by atoms with van der Waals surface area (Å²) in [5.74, 6) is -2.48. The zero-order valence-electron chi connectivity index (χ0n) is 16.8. The molecule has 1 amide bonds. The maximum atomic E-state index is 13.0. The molecular weight excluding hydrogens is 376 g/mol. The van der Waals surface area contributed by atoms with Gasteiger partial charge in [0, 0.05) is 19.8 Å². The van der Waals surface area contributed by atoms with Crippen molar-refractivity contribution in [2.45, 2.75) is 57.2 Å². The fourth-order valence-corrected chi connectivity index (χ4v) is 3.51. The summed E-state index contributed by atoms with van der Waals surface area (Å²) in [5, 5.41) is 22.0. The minimum absolute atomic E-state index is 0.267. The summed E-state index contributed by atoms with van der Waals surface area (Å²) in [4.78, 5) is 37.7. The Morgan fingerprint density at radius 1 is 1.17 bits per heavy atom. The van der Waals surface area contributed by atoms with Gasteiger partial charge in [-0.15, -0.1) is 0 Å². The summed E-state index contributed by atoms with van der Waals surface area (Å²) in [7, 11) is 0. The molecule has 0 aromatic heterocycles. The van der Waals surface area contributed by atoms with E-state index in [0.717, 1.165) is 5.56 Å². The molecule has 1 saturated heterocycles. The molecule has 1 fully saturated rings. The number of benzene rings is 1. The van der Waals surface area contributed by atoms with Gasteiger partial charge in [0.05, 0.1) is 6.04 Å². The molecule has 0 bridgehead atoms. The average Bonchev–Trinajstić information content (AvgIpc) is 2.82. The van der Waals surface area contributed by atoms with Gasteiger partial charge < -0.3 is 19.8 Å². The van der Waals surface area contributed by atoms with Crippen molar-refractivity contribution >= 4 is 17.8 Å². The van der Waals surface area contributed by atoms with Crippen LogP contribution in [0.1, 0.15) is 38.2 Å². The molecule has 0 spiro atoms. The van der Waals surface area contributed by atoms with Crippen LogP contribution in [0.5, 0.6) is 0 Å². The van der Waals surface area contributed by atoms with Crippen molar-refractivity contribution in [2.24, 2.45) is 0 Å². The molecule has 3 atom stereocenters. The summed E-state index contributed by atoms with van der Waals surface area (Å²) >= 11 is 0. The van der Waals surface area contributed by atoms with Crippen LogP contribution in [0.2, 0.25) is 0 Å². The molecule has 1 aromatic carbocycles. The summed E-state index contributed by atoms with van der Waals surface area (Å²) in [5.41, 5.74) is 1.02. The Morgan fingerprint density at radius 2 is 1.86 bits per heavy atom. The number of carboxylic acids is 2. The molecular formula is C21H30N2O6. The number of ether oxygens (including phenoxy) is 1. The standard InChI is InChI=1S/C21H30N2O6/c1-15(22-17(20(25)26)11-10-16-7-3-2-4-8-16)19(24)23-12-6-14-29-13-5-9-18(23)21(27)28/h2-4,7-8,15,17-18,22H,5-6,9-14H2,1H3,(H,25,26)(H,27,28)/t15?,17-,18-/m0/s1. The number of nitrogens with one attached hydrogen (secondary N) is 1. The average molecular weight is 406 g/mol. The van der Waals surface area contributed by atoms with Crippen LogP contribution in [0.3, 0.4) is 0 Å². The van der Waals surface area contributed by atoms with Gasteiger partial charge in [0.1, 0.15) is 12.1 Å². The Morgan fingerprint density at radius 3 is 2.52 bits per heavy atom. The quantitative estimate of drug-likeness (QED) is 0.599. The molecule has 1 aromatic rings. The minimum atomic E-state index is -1.05. The lowest BCUT2D eigenvalue weighted by atomic mass is 10.0. The van der Waals surface area contributed by atoms with Crippen molar-refractivity contribution < 1.29 is 29.3 Å². The van der Waals surface area contributed by atoms with Gasteiger partial charge in [-0.3, -0.25) is 14.9 Å². The van der Waals surface area contributed by atoms with Crippen molar-refractivity contribution in [3.8, 4) is 0 Å². The number of hydrogen-bond donors (Lipinski definition) is 3. The number of carbonyl (C=O) groups excluding carboxylic acids is 1. The molecule has 1 unspecified atom stereocenters.